The zero-order chi connectivity index (χ0) is 13.1. The van der Waals surface area contributed by atoms with Gasteiger partial charge in [0.1, 0.15) is 10.7 Å². The molecule has 0 atom stereocenters. The van der Waals surface area contributed by atoms with Gasteiger partial charge < -0.3 is 14.9 Å². The molecule has 0 amide bonds. The van der Waals surface area contributed by atoms with Crippen LogP contribution in [0, 0.1) is 0 Å². The van der Waals surface area contributed by atoms with E-state index >= 15 is 0 Å². The molecule has 0 saturated carbocycles. The summed E-state index contributed by atoms with van der Waals surface area (Å²) in [6, 6.07) is 1.42. The highest BCUT2D eigenvalue weighted by Crippen LogP contribution is 2.27. The summed E-state index contributed by atoms with van der Waals surface area (Å²) < 4.78 is 35.6. The van der Waals surface area contributed by atoms with Crippen molar-refractivity contribution in [1.82, 2.24) is 4.31 Å². The largest absolute Gasteiger partial charge is 0.452 e. The number of rotatable bonds is 6. The van der Waals surface area contributed by atoms with E-state index in [9.17, 15) is 8.42 Å². The Morgan fingerprint density at radius 2 is 2.24 bits per heavy atom. The number of nitrogens with zero attached hydrogens (tertiary/aromatic N) is 1. The second-order valence-corrected chi connectivity index (χ2v) is 6.11. The standard InChI is InChI=1S/C9H15BrN2O4S/c1-12(3-4-15-2)17(13,14)8-5-7(6-11)16-9(8)10/h5H,3-4,6,11H2,1-2H3. The number of hydrogen-bond acceptors (Lipinski definition) is 5. The van der Waals surface area contributed by atoms with Crippen LogP contribution in [0.15, 0.2) is 20.0 Å². The van der Waals surface area contributed by atoms with Gasteiger partial charge in [-0.2, -0.15) is 4.31 Å². The van der Waals surface area contributed by atoms with Gasteiger partial charge in [0.05, 0.1) is 13.2 Å². The summed E-state index contributed by atoms with van der Waals surface area (Å²) in [7, 11) is -0.577. The summed E-state index contributed by atoms with van der Waals surface area (Å²) in [5.41, 5.74) is 5.39. The third-order valence-corrected chi connectivity index (χ3v) is 4.92. The molecule has 0 spiro atoms. The van der Waals surface area contributed by atoms with Crippen LogP contribution in [0.5, 0.6) is 0 Å². The van der Waals surface area contributed by atoms with Gasteiger partial charge >= 0.3 is 0 Å². The molecule has 0 saturated heterocycles. The van der Waals surface area contributed by atoms with E-state index in [0.29, 0.717) is 12.4 Å². The Morgan fingerprint density at radius 1 is 1.59 bits per heavy atom. The van der Waals surface area contributed by atoms with Crippen LogP contribution >= 0.6 is 15.9 Å². The maximum atomic E-state index is 12.1. The van der Waals surface area contributed by atoms with Gasteiger partial charge in [0.25, 0.3) is 0 Å². The summed E-state index contributed by atoms with van der Waals surface area (Å²) in [5.74, 6) is 0.413. The van der Waals surface area contributed by atoms with E-state index in [1.165, 1.54) is 24.5 Å². The highest BCUT2D eigenvalue weighted by atomic mass is 79.9. The molecule has 0 aliphatic heterocycles. The number of likely N-dealkylation sites (N-methyl/N-ethyl adjacent to an activating group) is 1. The third-order valence-electron chi connectivity index (χ3n) is 2.21. The average molecular weight is 327 g/mol. The summed E-state index contributed by atoms with van der Waals surface area (Å²) in [4.78, 5) is 0.0801. The molecule has 0 fully saturated rings. The van der Waals surface area contributed by atoms with Gasteiger partial charge in [0.15, 0.2) is 4.67 Å². The maximum absolute atomic E-state index is 12.1. The van der Waals surface area contributed by atoms with Gasteiger partial charge in [-0.15, -0.1) is 0 Å². The van der Waals surface area contributed by atoms with E-state index in [1.54, 1.807) is 0 Å². The number of sulfonamides is 1. The first kappa shape index (κ1) is 14.7. The molecule has 8 heteroatoms. The van der Waals surface area contributed by atoms with Crippen LogP contribution < -0.4 is 5.73 Å². The van der Waals surface area contributed by atoms with Crippen LogP contribution in [-0.2, 0) is 21.3 Å². The number of hydrogen-bond donors (Lipinski definition) is 1. The van der Waals surface area contributed by atoms with Gasteiger partial charge in [-0.3, -0.25) is 0 Å². The van der Waals surface area contributed by atoms with Gasteiger partial charge in [0, 0.05) is 26.8 Å². The molecular formula is C9H15BrN2O4S. The number of ether oxygens (including phenoxy) is 1. The van der Waals surface area contributed by atoms with Crippen LogP contribution in [-0.4, -0.2) is 40.0 Å². The molecule has 1 aromatic rings. The van der Waals surface area contributed by atoms with E-state index in [-0.39, 0.29) is 22.7 Å². The Balaban J connectivity index is 2.99. The van der Waals surface area contributed by atoms with E-state index < -0.39 is 10.0 Å². The van der Waals surface area contributed by atoms with Crippen molar-refractivity contribution in [3.63, 3.8) is 0 Å². The average Bonchev–Trinajstić information content (AvgIpc) is 2.67. The van der Waals surface area contributed by atoms with Crippen LogP contribution in [0.4, 0.5) is 0 Å². The summed E-state index contributed by atoms with van der Waals surface area (Å²) in [6.45, 7) is 0.749. The quantitative estimate of drug-likeness (QED) is 0.834. The molecule has 17 heavy (non-hydrogen) atoms. The fourth-order valence-corrected chi connectivity index (χ4v) is 3.29. The molecule has 1 aromatic heterocycles. The predicted octanol–water partition coefficient (Wildman–Crippen LogP) is 0.768. The van der Waals surface area contributed by atoms with Crippen molar-refractivity contribution in [3.8, 4) is 0 Å². The SMILES string of the molecule is COCCN(C)S(=O)(=O)c1cc(CN)oc1Br. The lowest BCUT2D eigenvalue weighted by Gasteiger charge is -2.15. The molecule has 1 rings (SSSR count). The highest BCUT2D eigenvalue weighted by molar-refractivity contribution is 9.10. The Bertz CT molecular complexity index is 471. The van der Waals surface area contributed by atoms with Crippen LogP contribution in [0.25, 0.3) is 0 Å². The second kappa shape index (κ2) is 5.96. The lowest BCUT2D eigenvalue weighted by molar-refractivity contribution is 0.185. The minimum atomic E-state index is -3.57. The van der Waals surface area contributed by atoms with Crippen molar-refractivity contribution in [1.29, 1.82) is 0 Å². The van der Waals surface area contributed by atoms with Crippen molar-refractivity contribution in [2.24, 2.45) is 5.73 Å². The molecular weight excluding hydrogens is 312 g/mol. The number of furan rings is 1. The zero-order valence-electron chi connectivity index (χ0n) is 9.64. The molecule has 98 valence electrons. The van der Waals surface area contributed by atoms with Crippen molar-refractivity contribution < 1.29 is 17.6 Å². The van der Waals surface area contributed by atoms with E-state index in [4.69, 9.17) is 14.9 Å². The Morgan fingerprint density at radius 3 is 2.71 bits per heavy atom. The van der Waals surface area contributed by atoms with Crippen molar-refractivity contribution in [2.45, 2.75) is 11.4 Å². The number of methoxy groups -OCH3 is 1. The first-order chi connectivity index (χ1) is 7.93. The van der Waals surface area contributed by atoms with Crippen molar-refractivity contribution >= 4 is 26.0 Å². The summed E-state index contributed by atoms with van der Waals surface area (Å²) in [6.07, 6.45) is 0. The van der Waals surface area contributed by atoms with Gasteiger partial charge in [-0.1, -0.05) is 0 Å². The lowest BCUT2D eigenvalue weighted by atomic mass is 10.5. The molecule has 1 heterocycles. The van der Waals surface area contributed by atoms with Crippen LogP contribution in [0.2, 0.25) is 0 Å². The molecule has 0 aliphatic carbocycles. The maximum Gasteiger partial charge on any atom is 0.247 e. The lowest BCUT2D eigenvalue weighted by Crippen LogP contribution is -2.30. The fourth-order valence-electron chi connectivity index (χ4n) is 1.18. The first-order valence-electron chi connectivity index (χ1n) is 4.87. The zero-order valence-corrected chi connectivity index (χ0v) is 12.0. The molecule has 0 radical (unpaired) electrons. The number of halogens is 1. The van der Waals surface area contributed by atoms with Gasteiger partial charge in [-0.25, -0.2) is 8.42 Å². The van der Waals surface area contributed by atoms with E-state index in [2.05, 4.69) is 15.9 Å². The first-order valence-corrected chi connectivity index (χ1v) is 7.10. The molecule has 2 N–H and O–H groups in total. The number of nitrogens with two attached hydrogens (primary N) is 1. The van der Waals surface area contributed by atoms with E-state index in [0.717, 1.165) is 0 Å². The minimum absolute atomic E-state index is 0.0801. The summed E-state index contributed by atoms with van der Waals surface area (Å²) >= 11 is 3.07. The van der Waals surface area contributed by atoms with Gasteiger partial charge in [0.2, 0.25) is 10.0 Å². The van der Waals surface area contributed by atoms with Crippen LogP contribution in [0.3, 0.4) is 0 Å². The minimum Gasteiger partial charge on any atom is -0.452 e. The Labute approximate surface area is 109 Å². The molecule has 0 aliphatic rings. The second-order valence-electron chi connectivity index (χ2n) is 3.37. The van der Waals surface area contributed by atoms with Crippen molar-refractivity contribution in [2.75, 3.05) is 27.3 Å². The monoisotopic (exact) mass is 326 g/mol. The predicted molar refractivity (Wildman–Crippen MR) is 66.0 cm³/mol. The Kier molecular flexibility index (Phi) is 5.14. The highest BCUT2D eigenvalue weighted by Gasteiger charge is 2.26. The molecule has 0 unspecified atom stereocenters. The topological polar surface area (TPSA) is 85.8 Å². The molecule has 6 nitrogen and oxygen atoms in total. The smallest absolute Gasteiger partial charge is 0.247 e. The fraction of sp³-hybridized carbons (Fsp3) is 0.556. The normalized spacial score (nSPS) is 12.3. The third kappa shape index (κ3) is 3.29. The van der Waals surface area contributed by atoms with Gasteiger partial charge in [-0.05, 0) is 15.9 Å². The molecule has 0 aromatic carbocycles. The van der Waals surface area contributed by atoms with Crippen LogP contribution in [0.1, 0.15) is 5.76 Å². The van der Waals surface area contributed by atoms with Crippen molar-refractivity contribution in [3.05, 3.63) is 16.5 Å². The molecule has 0 bridgehead atoms. The van der Waals surface area contributed by atoms with E-state index in [1.807, 2.05) is 0 Å². The summed E-state index contributed by atoms with van der Waals surface area (Å²) in [5, 5.41) is 0. The Hall–Kier alpha value is -0.410.